The van der Waals surface area contributed by atoms with Gasteiger partial charge in [0.15, 0.2) is 0 Å². The summed E-state index contributed by atoms with van der Waals surface area (Å²) in [5.41, 5.74) is 7.83. The molecule has 0 amide bonds. The van der Waals surface area contributed by atoms with Crippen LogP contribution in [-0.2, 0) is 0 Å². The van der Waals surface area contributed by atoms with E-state index in [2.05, 4.69) is 42.6 Å². The van der Waals surface area contributed by atoms with Gasteiger partial charge >= 0.3 is 0 Å². The first-order valence-corrected chi connectivity index (χ1v) is 8.22. The van der Waals surface area contributed by atoms with Gasteiger partial charge in [-0.1, -0.05) is 37.3 Å². The van der Waals surface area contributed by atoms with Crippen molar-refractivity contribution in [1.82, 2.24) is 5.32 Å². The normalized spacial score (nSPS) is 36.8. The summed E-state index contributed by atoms with van der Waals surface area (Å²) in [6.07, 6.45) is 6.40. The minimum absolute atomic E-state index is 0.216. The van der Waals surface area contributed by atoms with Gasteiger partial charge in [-0.15, -0.1) is 0 Å². The predicted molar refractivity (Wildman–Crippen MR) is 84.7 cm³/mol. The summed E-state index contributed by atoms with van der Waals surface area (Å²) in [5.74, 6) is 2.57. The van der Waals surface area contributed by atoms with Crippen LogP contribution in [0.1, 0.15) is 50.5 Å². The lowest BCUT2D eigenvalue weighted by atomic mass is 9.74. The number of nitrogens with two attached hydrogens (primary N) is 1. The van der Waals surface area contributed by atoms with Crippen LogP contribution in [0.3, 0.4) is 0 Å². The van der Waals surface area contributed by atoms with Crippen molar-refractivity contribution >= 4 is 0 Å². The highest BCUT2D eigenvalue weighted by Gasteiger charge is 2.38. The van der Waals surface area contributed by atoms with Crippen LogP contribution in [0.4, 0.5) is 0 Å². The first-order valence-electron chi connectivity index (χ1n) is 8.22. The molecule has 0 saturated heterocycles. The molecule has 110 valence electrons. The van der Waals surface area contributed by atoms with E-state index < -0.39 is 0 Å². The summed E-state index contributed by atoms with van der Waals surface area (Å²) in [4.78, 5) is 0. The molecule has 0 aromatic heterocycles. The van der Waals surface area contributed by atoms with Crippen LogP contribution < -0.4 is 11.1 Å². The van der Waals surface area contributed by atoms with Crippen molar-refractivity contribution in [2.45, 2.75) is 50.5 Å². The maximum atomic E-state index is 6.10. The van der Waals surface area contributed by atoms with Crippen LogP contribution in [0.5, 0.6) is 0 Å². The molecular formula is C18H28N2. The topological polar surface area (TPSA) is 38.0 Å². The first kappa shape index (κ1) is 14.1. The molecule has 0 heterocycles. The zero-order valence-corrected chi connectivity index (χ0v) is 12.6. The Kier molecular flexibility index (Phi) is 4.13. The average molecular weight is 272 g/mol. The largest absolute Gasteiger partial charge is 0.329 e. The third-order valence-corrected chi connectivity index (χ3v) is 5.62. The molecule has 2 aliphatic rings. The molecule has 2 heteroatoms. The maximum absolute atomic E-state index is 6.10. The molecule has 0 spiro atoms. The zero-order chi connectivity index (χ0) is 14.0. The average Bonchev–Trinajstić information content (AvgIpc) is 3.22. The predicted octanol–water partition coefficient (Wildman–Crippen LogP) is 3.29. The van der Waals surface area contributed by atoms with Crippen molar-refractivity contribution in [3.8, 4) is 0 Å². The van der Waals surface area contributed by atoms with Crippen LogP contribution in [0.25, 0.3) is 0 Å². The van der Waals surface area contributed by atoms with E-state index in [-0.39, 0.29) is 5.54 Å². The number of hydrogen-bond acceptors (Lipinski definition) is 2. The Balaban J connectivity index is 1.55. The van der Waals surface area contributed by atoms with Crippen molar-refractivity contribution < 1.29 is 0 Å². The van der Waals surface area contributed by atoms with Gasteiger partial charge < -0.3 is 11.1 Å². The fourth-order valence-electron chi connectivity index (χ4n) is 3.71. The number of nitrogens with one attached hydrogen (secondary N) is 1. The summed E-state index contributed by atoms with van der Waals surface area (Å²) >= 11 is 0. The van der Waals surface area contributed by atoms with E-state index >= 15 is 0 Å². The monoisotopic (exact) mass is 272 g/mol. The second-order valence-electron chi connectivity index (χ2n) is 7.02. The van der Waals surface area contributed by atoms with Crippen LogP contribution in [0.15, 0.2) is 30.3 Å². The second-order valence-corrected chi connectivity index (χ2v) is 7.02. The van der Waals surface area contributed by atoms with Crippen LogP contribution in [0.2, 0.25) is 0 Å². The number of rotatable bonds is 5. The molecule has 2 unspecified atom stereocenters. The van der Waals surface area contributed by atoms with E-state index in [1.807, 2.05) is 0 Å². The van der Waals surface area contributed by atoms with E-state index in [0.29, 0.717) is 0 Å². The molecule has 0 radical (unpaired) electrons. The number of benzene rings is 1. The highest BCUT2D eigenvalue weighted by Crippen LogP contribution is 2.40. The SMILES string of the molecule is CC1CC1CNC1(CN)CCC(c2ccccc2)CC1. The Morgan fingerprint density at radius 3 is 2.40 bits per heavy atom. The van der Waals surface area contributed by atoms with Crippen LogP contribution in [0, 0.1) is 11.8 Å². The summed E-state index contributed by atoms with van der Waals surface area (Å²) < 4.78 is 0. The van der Waals surface area contributed by atoms with Gasteiger partial charge in [0.1, 0.15) is 0 Å². The Bertz CT molecular complexity index is 420. The molecule has 3 rings (SSSR count). The van der Waals surface area contributed by atoms with Gasteiger partial charge in [-0.2, -0.15) is 0 Å². The fraction of sp³-hybridized carbons (Fsp3) is 0.667. The van der Waals surface area contributed by atoms with Gasteiger partial charge in [-0.05, 0) is 62.0 Å². The van der Waals surface area contributed by atoms with E-state index in [9.17, 15) is 0 Å². The van der Waals surface area contributed by atoms with Gasteiger partial charge in [0.05, 0.1) is 0 Å². The van der Waals surface area contributed by atoms with Crippen molar-refractivity contribution in [2.75, 3.05) is 13.1 Å². The lowest BCUT2D eigenvalue weighted by Gasteiger charge is -2.40. The van der Waals surface area contributed by atoms with E-state index in [0.717, 1.165) is 24.3 Å². The molecule has 3 N–H and O–H groups in total. The molecule has 2 atom stereocenters. The lowest BCUT2D eigenvalue weighted by Crippen LogP contribution is -2.53. The fourth-order valence-corrected chi connectivity index (χ4v) is 3.71. The third-order valence-electron chi connectivity index (χ3n) is 5.62. The highest BCUT2D eigenvalue weighted by molar-refractivity contribution is 5.20. The standard InChI is InChI=1S/C18H28N2/c1-14-11-17(14)12-20-18(13-19)9-7-16(8-10-18)15-5-3-2-4-6-15/h2-6,14,16-17,20H,7-13,19H2,1H3. The second kappa shape index (κ2) is 5.87. The van der Waals surface area contributed by atoms with Gasteiger partial charge in [0.25, 0.3) is 0 Å². The molecule has 2 aliphatic carbocycles. The van der Waals surface area contributed by atoms with Crippen molar-refractivity contribution in [3.05, 3.63) is 35.9 Å². The Morgan fingerprint density at radius 1 is 1.20 bits per heavy atom. The van der Waals surface area contributed by atoms with E-state index in [1.165, 1.54) is 44.2 Å². The summed E-state index contributed by atoms with van der Waals surface area (Å²) in [6.45, 7) is 4.32. The van der Waals surface area contributed by atoms with Gasteiger partial charge in [-0.25, -0.2) is 0 Å². The lowest BCUT2D eigenvalue weighted by molar-refractivity contribution is 0.219. The van der Waals surface area contributed by atoms with E-state index in [1.54, 1.807) is 0 Å². The van der Waals surface area contributed by atoms with Crippen molar-refractivity contribution in [3.63, 3.8) is 0 Å². The molecule has 1 aromatic rings. The maximum Gasteiger partial charge on any atom is 0.0304 e. The minimum atomic E-state index is 0.216. The van der Waals surface area contributed by atoms with Crippen LogP contribution in [-0.4, -0.2) is 18.6 Å². The highest BCUT2D eigenvalue weighted by atomic mass is 15.0. The smallest absolute Gasteiger partial charge is 0.0304 e. The Hall–Kier alpha value is -0.860. The molecule has 2 nitrogen and oxygen atoms in total. The minimum Gasteiger partial charge on any atom is -0.329 e. The summed E-state index contributed by atoms with van der Waals surface area (Å²) in [6, 6.07) is 11.0. The molecular weight excluding hydrogens is 244 g/mol. The van der Waals surface area contributed by atoms with Crippen LogP contribution >= 0.6 is 0 Å². The summed E-state index contributed by atoms with van der Waals surface area (Å²) in [7, 11) is 0. The first-order chi connectivity index (χ1) is 9.72. The Labute approximate surface area is 123 Å². The van der Waals surface area contributed by atoms with Gasteiger partial charge in [0.2, 0.25) is 0 Å². The molecule has 0 bridgehead atoms. The van der Waals surface area contributed by atoms with Crippen molar-refractivity contribution in [2.24, 2.45) is 17.6 Å². The molecule has 0 aliphatic heterocycles. The Morgan fingerprint density at radius 2 is 1.85 bits per heavy atom. The number of hydrogen-bond donors (Lipinski definition) is 2. The van der Waals surface area contributed by atoms with Crippen molar-refractivity contribution in [1.29, 1.82) is 0 Å². The summed E-state index contributed by atoms with van der Waals surface area (Å²) in [5, 5.41) is 3.82. The molecule has 2 saturated carbocycles. The quantitative estimate of drug-likeness (QED) is 0.863. The third kappa shape index (κ3) is 3.07. The zero-order valence-electron chi connectivity index (χ0n) is 12.6. The van der Waals surface area contributed by atoms with Gasteiger partial charge in [-0.3, -0.25) is 0 Å². The molecule has 20 heavy (non-hydrogen) atoms. The van der Waals surface area contributed by atoms with E-state index in [4.69, 9.17) is 5.73 Å². The van der Waals surface area contributed by atoms with Gasteiger partial charge in [0, 0.05) is 12.1 Å². The molecule has 2 fully saturated rings. The molecule has 1 aromatic carbocycles.